The van der Waals surface area contributed by atoms with E-state index in [2.05, 4.69) is 20.3 Å². The highest BCUT2D eigenvalue weighted by molar-refractivity contribution is 6.30. The molecule has 3 heterocycles. The van der Waals surface area contributed by atoms with E-state index >= 15 is 0 Å². The number of piperidine rings is 1. The lowest BCUT2D eigenvalue weighted by molar-refractivity contribution is 0.102. The second kappa shape index (κ2) is 8.71. The number of pyridine rings is 1. The summed E-state index contributed by atoms with van der Waals surface area (Å²) in [5.41, 5.74) is 1.42. The van der Waals surface area contributed by atoms with E-state index in [9.17, 15) is 9.18 Å². The number of amides is 1. The summed E-state index contributed by atoms with van der Waals surface area (Å²) >= 11 is 5.76. The van der Waals surface area contributed by atoms with Crippen molar-refractivity contribution in [2.24, 2.45) is 0 Å². The van der Waals surface area contributed by atoms with Crippen molar-refractivity contribution in [3.05, 3.63) is 77.0 Å². The van der Waals surface area contributed by atoms with Crippen molar-refractivity contribution >= 4 is 23.3 Å². The molecule has 1 aliphatic heterocycles. The van der Waals surface area contributed by atoms with Crippen molar-refractivity contribution in [2.75, 3.05) is 18.4 Å². The SMILES string of the molecule is O=C(Nc1ccnn1C1CCN(Cc2ccc(Cl)c(F)c2)CC1)c1cccnc1. The van der Waals surface area contributed by atoms with Crippen LogP contribution in [-0.2, 0) is 6.54 Å². The molecule has 1 saturated heterocycles. The predicted molar refractivity (Wildman–Crippen MR) is 109 cm³/mol. The second-order valence-electron chi connectivity index (χ2n) is 7.11. The number of hydrogen-bond acceptors (Lipinski definition) is 4. The van der Waals surface area contributed by atoms with Crippen LogP contribution < -0.4 is 5.32 Å². The number of anilines is 1. The highest BCUT2D eigenvalue weighted by Gasteiger charge is 2.23. The first-order chi connectivity index (χ1) is 14.1. The van der Waals surface area contributed by atoms with E-state index in [-0.39, 0.29) is 22.8 Å². The molecule has 0 aliphatic carbocycles. The van der Waals surface area contributed by atoms with Crippen LogP contribution in [0, 0.1) is 5.82 Å². The summed E-state index contributed by atoms with van der Waals surface area (Å²) in [6, 6.07) is 10.4. The van der Waals surface area contributed by atoms with Gasteiger partial charge in [-0.15, -0.1) is 0 Å². The quantitative estimate of drug-likeness (QED) is 0.682. The van der Waals surface area contributed by atoms with Gasteiger partial charge < -0.3 is 5.32 Å². The third kappa shape index (κ3) is 4.63. The Morgan fingerprint density at radius 2 is 2.03 bits per heavy atom. The number of nitrogens with zero attached hydrogens (tertiary/aromatic N) is 4. The number of hydrogen-bond donors (Lipinski definition) is 1. The molecule has 0 atom stereocenters. The molecule has 8 heteroatoms. The standard InChI is InChI=1S/C21H21ClFN5O/c22-18-4-3-15(12-19(18)23)14-27-10-6-17(7-11-27)28-20(5-9-25-28)26-21(29)16-2-1-8-24-13-16/h1-5,8-9,12-13,17H,6-7,10-11,14H2,(H,26,29). The molecule has 6 nitrogen and oxygen atoms in total. The van der Waals surface area contributed by atoms with Crippen LogP contribution in [0.3, 0.4) is 0 Å². The van der Waals surface area contributed by atoms with E-state index in [1.807, 2.05) is 10.7 Å². The number of carbonyl (C=O) groups is 1. The summed E-state index contributed by atoms with van der Waals surface area (Å²) in [5.74, 6) is 0.0868. The molecule has 0 saturated carbocycles. The maximum Gasteiger partial charge on any atom is 0.258 e. The molecule has 1 aliphatic rings. The van der Waals surface area contributed by atoms with Crippen LogP contribution in [0.15, 0.2) is 55.0 Å². The minimum Gasteiger partial charge on any atom is -0.307 e. The molecule has 0 bridgehead atoms. The highest BCUT2D eigenvalue weighted by atomic mass is 35.5. The van der Waals surface area contributed by atoms with Crippen LogP contribution in [0.4, 0.5) is 10.2 Å². The summed E-state index contributed by atoms with van der Waals surface area (Å²) in [6.07, 6.45) is 6.66. The topological polar surface area (TPSA) is 63.1 Å². The number of likely N-dealkylation sites (tertiary alicyclic amines) is 1. The van der Waals surface area contributed by atoms with Crippen molar-refractivity contribution in [3.63, 3.8) is 0 Å². The van der Waals surface area contributed by atoms with Crippen LogP contribution in [0.1, 0.15) is 34.8 Å². The van der Waals surface area contributed by atoms with Gasteiger partial charge in [0.25, 0.3) is 5.91 Å². The molecule has 1 N–H and O–H groups in total. The summed E-state index contributed by atoms with van der Waals surface area (Å²) < 4.78 is 15.5. The fraction of sp³-hybridized carbons (Fsp3) is 0.286. The fourth-order valence-corrected chi connectivity index (χ4v) is 3.73. The third-order valence-electron chi connectivity index (χ3n) is 5.13. The monoisotopic (exact) mass is 413 g/mol. The molecule has 150 valence electrons. The zero-order chi connectivity index (χ0) is 20.2. The molecule has 0 radical (unpaired) electrons. The number of aromatic nitrogens is 3. The van der Waals surface area contributed by atoms with Gasteiger partial charge in [-0.1, -0.05) is 17.7 Å². The van der Waals surface area contributed by atoms with Gasteiger partial charge in [0.2, 0.25) is 0 Å². The van der Waals surface area contributed by atoms with E-state index in [4.69, 9.17) is 11.6 Å². The lowest BCUT2D eigenvalue weighted by atomic mass is 10.0. The zero-order valence-corrected chi connectivity index (χ0v) is 16.5. The van der Waals surface area contributed by atoms with Crippen molar-refractivity contribution in [2.45, 2.75) is 25.4 Å². The van der Waals surface area contributed by atoms with Gasteiger partial charge in [-0.25, -0.2) is 9.07 Å². The number of nitrogens with one attached hydrogen (secondary N) is 1. The molecule has 4 rings (SSSR count). The van der Waals surface area contributed by atoms with E-state index in [0.717, 1.165) is 31.5 Å². The molecule has 3 aromatic rings. The average molecular weight is 414 g/mol. The third-order valence-corrected chi connectivity index (χ3v) is 5.44. The first-order valence-electron chi connectivity index (χ1n) is 9.51. The zero-order valence-electron chi connectivity index (χ0n) is 15.8. The van der Waals surface area contributed by atoms with Crippen LogP contribution in [-0.4, -0.2) is 38.7 Å². The van der Waals surface area contributed by atoms with Crippen molar-refractivity contribution in [3.8, 4) is 0 Å². The van der Waals surface area contributed by atoms with Gasteiger partial charge in [0.15, 0.2) is 0 Å². The minimum atomic E-state index is -0.385. The summed E-state index contributed by atoms with van der Waals surface area (Å²) in [4.78, 5) is 18.7. The summed E-state index contributed by atoms with van der Waals surface area (Å²) in [6.45, 7) is 2.42. The number of carbonyl (C=O) groups excluding carboxylic acids is 1. The van der Waals surface area contributed by atoms with Crippen LogP contribution in [0.5, 0.6) is 0 Å². The maximum atomic E-state index is 13.7. The van der Waals surface area contributed by atoms with Crippen LogP contribution in [0.2, 0.25) is 5.02 Å². The summed E-state index contributed by atoms with van der Waals surface area (Å²) in [7, 11) is 0. The van der Waals surface area contributed by atoms with Crippen molar-refractivity contribution in [1.82, 2.24) is 19.7 Å². The Hall–Kier alpha value is -2.77. The minimum absolute atomic E-state index is 0.145. The van der Waals surface area contributed by atoms with Gasteiger partial charge in [-0.2, -0.15) is 5.10 Å². The number of halogens is 2. The van der Waals surface area contributed by atoms with Crippen LogP contribution >= 0.6 is 11.6 Å². The Labute approximate surface area is 173 Å². The molecule has 0 spiro atoms. The van der Waals surface area contributed by atoms with Gasteiger partial charge in [0, 0.05) is 38.1 Å². The van der Waals surface area contributed by atoms with E-state index in [1.54, 1.807) is 36.7 Å². The smallest absolute Gasteiger partial charge is 0.258 e. The van der Waals surface area contributed by atoms with Crippen LogP contribution in [0.25, 0.3) is 0 Å². The summed E-state index contributed by atoms with van der Waals surface area (Å²) in [5, 5.41) is 7.49. The highest BCUT2D eigenvalue weighted by Crippen LogP contribution is 2.27. The molecule has 1 amide bonds. The first-order valence-corrected chi connectivity index (χ1v) is 9.89. The maximum absolute atomic E-state index is 13.7. The lowest BCUT2D eigenvalue weighted by Gasteiger charge is -2.32. The lowest BCUT2D eigenvalue weighted by Crippen LogP contribution is -2.35. The van der Waals surface area contributed by atoms with Gasteiger partial charge in [0.1, 0.15) is 11.6 Å². The Balaban J connectivity index is 1.36. The molecule has 0 unspecified atom stereocenters. The molecular weight excluding hydrogens is 393 g/mol. The molecule has 29 heavy (non-hydrogen) atoms. The number of benzene rings is 1. The van der Waals surface area contributed by atoms with E-state index < -0.39 is 0 Å². The van der Waals surface area contributed by atoms with E-state index in [1.165, 1.54) is 12.3 Å². The Morgan fingerprint density at radius 3 is 2.76 bits per heavy atom. The Bertz CT molecular complexity index is 986. The first kappa shape index (κ1) is 19.5. The Kier molecular flexibility index (Phi) is 5.87. The van der Waals surface area contributed by atoms with Gasteiger partial charge in [-0.05, 0) is 42.7 Å². The number of rotatable bonds is 5. The second-order valence-corrected chi connectivity index (χ2v) is 7.52. The van der Waals surface area contributed by atoms with Crippen molar-refractivity contribution < 1.29 is 9.18 Å². The normalized spacial score (nSPS) is 15.4. The van der Waals surface area contributed by atoms with Gasteiger partial charge in [0.05, 0.1) is 22.8 Å². The molecular formula is C21H21ClFN5O. The molecule has 1 aromatic carbocycles. The molecule has 2 aromatic heterocycles. The largest absolute Gasteiger partial charge is 0.307 e. The fourth-order valence-electron chi connectivity index (χ4n) is 3.61. The predicted octanol–water partition coefficient (Wildman–Crippen LogP) is 4.16. The average Bonchev–Trinajstić information content (AvgIpc) is 3.20. The van der Waals surface area contributed by atoms with Crippen molar-refractivity contribution in [1.29, 1.82) is 0 Å². The Morgan fingerprint density at radius 1 is 1.21 bits per heavy atom. The molecule has 1 fully saturated rings. The van der Waals surface area contributed by atoms with Gasteiger partial charge in [-0.3, -0.25) is 14.7 Å². The van der Waals surface area contributed by atoms with Gasteiger partial charge >= 0.3 is 0 Å². The van der Waals surface area contributed by atoms with E-state index in [0.29, 0.717) is 17.9 Å².